The average molecular weight is 468 g/mol. The van der Waals surface area contributed by atoms with Crippen molar-refractivity contribution in [1.29, 1.82) is 0 Å². The fourth-order valence-corrected chi connectivity index (χ4v) is 7.09. The molecule has 34 heavy (non-hydrogen) atoms. The van der Waals surface area contributed by atoms with Gasteiger partial charge in [-0.2, -0.15) is 0 Å². The number of carbonyl (C=O) groups excluding carboxylic acids is 2. The number of benzene rings is 1. The first-order valence-electron chi connectivity index (χ1n) is 12.3. The summed E-state index contributed by atoms with van der Waals surface area (Å²) >= 11 is 0. The number of hydrogen-bond donors (Lipinski definition) is 0. The van der Waals surface area contributed by atoms with Gasteiger partial charge in [-0.05, 0) is 57.5 Å². The summed E-state index contributed by atoms with van der Waals surface area (Å²) in [5.41, 5.74) is -0.310. The number of rotatable bonds is 3. The zero-order valence-corrected chi connectivity index (χ0v) is 20.6. The highest BCUT2D eigenvalue weighted by molar-refractivity contribution is 5.93. The minimum Gasteiger partial charge on any atom is -0.493 e. The number of carbonyl (C=O) groups is 2. The number of hydrogen-bond acceptors (Lipinski definition) is 7. The average Bonchev–Trinajstić information content (AvgIpc) is 3.24. The van der Waals surface area contributed by atoms with Crippen LogP contribution in [0.3, 0.4) is 0 Å². The third-order valence-corrected chi connectivity index (χ3v) is 9.80. The highest BCUT2D eigenvalue weighted by Crippen LogP contribution is 2.66. The zero-order valence-electron chi connectivity index (χ0n) is 20.6. The standard InChI is InChI=1S/C27H33NO6/c1-24(2)25(3)10-11-27(24,34-22(25)29)23(30)32-17-8-9-26-12-13-28(4)15-16-6-7-18(31-5)21(20(16)26)33-19(26)14-17/h6-9,17,19H,10-15H2,1-5H3/t17-,19-,25+,26-,27-/m1/s1. The highest BCUT2D eigenvalue weighted by Gasteiger charge is 2.76. The first kappa shape index (κ1) is 22.0. The molecule has 0 unspecified atom stereocenters. The zero-order chi connectivity index (χ0) is 24.1. The quantitative estimate of drug-likeness (QED) is 0.497. The summed E-state index contributed by atoms with van der Waals surface area (Å²) in [5, 5.41) is 0. The number of fused-ring (bicyclic) bond motifs is 2. The first-order chi connectivity index (χ1) is 16.1. The van der Waals surface area contributed by atoms with E-state index in [1.165, 1.54) is 11.1 Å². The molecule has 2 fully saturated rings. The van der Waals surface area contributed by atoms with Crippen LogP contribution >= 0.6 is 0 Å². The minimum atomic E-state index is -1.22. The molecule has 1 aromatic rings. The molecule has 3 aliphatic heterocycles. The van der Waals surface area contributed by atoms with Crippen LogP contribution in [0.25, 0.3) is 0 Å². The Morgan fingerprint density at radius 3 is 2.65 bits per heavy atom. The van der Waals surface area contributed by atoms with E-state index in [0.29, 0.717) is 19.3 Å². The van der Waals surface area contributed by atoms with E-state index in [2.05, 4.69) is 24.1 Å². The maximum atomic E-state index is 13.5. The van der Waals surface area contributed by atoms with Gasteiger partial charge in [0.15, 0.2) is 11.5 Å². The summed E-state index contributed by atoms with van der Waals surface area (Å²) in [4.78, 5) is 28.5. The summed E-state index contributed by atoms with van der Waals surface area (Å²) in [6, 6.07) is 4.12. The molecule has 1 saturated heterocycles. The highest BCUT2D eigenvalue weighted by atomic mass is 16.6. The number of esters is 2. The lowest BCUT2D eigenvalue weighted by molar-refractivity contribution is -0.186. The molecule has 0 radical (unpaired) electrons. The molecule has 182 valence electrons. The fourth-order valence-electron chi connectivity index (χ4n) is 7.09. The van der Waals surface area contributed by atoms with Crippen LogP contribution in [-0.4, -0.2) is 55.3 Å². The van der Waals surface area contributed by atoms with E-state index < -0.39 is 28.5 Å². The van der Waals surface area contributed by atoms with Crippen molar-refractivity contribution in [3.63, 3.8) is 0 Å². The molecule has 0 N–H and O–H groups in total. The van der Waals surface area contributed by atoms with Crippen molar-refractivity contribution in [2.24, 2.45) is 10.8 Å². The van der Waals surface area contributed by atoms with E-state index in [9.17, 15) is 9.59 Å². The van der Waals surface area contributed by atoms with Gasteiger partial charge in [-0.1, -0.05) is 26.0 Å². The van der Waals surface area contributed by atoms with Crippen molar-refractivity contribution in [2.45, 2.75) is 76.2 Å². The molecule has 7 nitrogen and oxygen atoms in total. The van der Waals surface area contributed by atoms with Gasteiger partial charge in [-0.25, -0.2) is 4.79 Å². The van der Waals surface area contributed by atoms with Gasteiger partial charge in [0.1, 0.15) is 12.2 Å². The van der Waals surface area contributed by atoms with E-state index in [1.807, 2.05) is 32.9 Å². The van der Waals surface area contributed by atoms with Crippen molar-refractivity contribution < 1.29 is 28.5 Å². The summed E-state index contributed by atoms with van der Waals surface area (Å²) in [6.07, 6.45) is 6.21. The van der Waals surface area contributed by atoms with E-state index >= 15 is 0 Å². The minimum absolute atomic E-state index is 0.155. The van der Waals surface area contributed by atoms with Gasteiger partial charge >= 0.3 is 11.9 Å². The summed E-state index contributed by atoms with van der Waals surface area (Å²) in [7, 11) is 3.80. The topological polar surface area (TPSA) is 74.3 Å². The van der Waals surface area contributed by atoms with Gasteiger partial charge in [0.2, 0.25) is 5.60 Å². The van der Waals surface area contributed by atoms with E-state index in [4.69, 9.17) is 18.9 Å². The summed E-state index contributed by atoms with van der Waals surface area (Å²) in [6.45, 7) is 7.60. The van der Waals surface area contributed by atoms with Gasteiger partial charge in [-0.15, -0.1) is 0 Å². The summed E-state index contributed by atoms with van der Waals surface area (Å²) < 4.78 is 24.0. The molecule has 1 saturated carbocycles. The maximum Gasteiger partial charge on any atom is 0.351 e. The van der Waals surface area contributed by atoms with Gasteiger partial charge in [0.25, 0.3) is 0 Å². The molecular formula is C27H33NO6. The van der Waals surface area contributed by atoms with Crippen molar-refractivity contribution in [1.82, 2.24) is 4.90 Å². The molecule has 7 heteroatoms. The first-order valence-corrected chi connectivity index (χ1v) is 12.3. The second-order valence-electron chi connectivity index (χ2n) is 11.5. The molecule has 5 aliphatic rings. The fraction of sp³-hybridized carbons (Fsp3) is 0.630. The Bertz CT molecular complexity index is 1130. The predicted molar refractivity (Wildman–Crippen MR) is 124 cm³/mol. The molecule has 2 aliphatic carbocycles. The maximum absolute atomic E-state index is 13.5. The predicted octanol–water partition coefficient (Wildman–Crippen LogP) is 3.52. The Labute approximate surface area is 200 Å². The Hall–Kier alpha value is -2.54. The van der Waals surface area contributed by atoms with E-state index in [1.54, 1.807) is 7.11 Å². The second kappa shape index (κ2) is 6.78. The molecular weight excluding hydrogens is 434 g/mol. The monoisotopic (exact) mass is 467 g/mol. The number of nitrogens with zero attached hydrogens (tertiary/aromatic N) is 1. The third kappa shape index (κ3) is 2.46. The van der Waals surface area contributed by atoms with Gasteiger partial charge in [-0.3, -0.25) is 4.79 Å². The summed E-state index contributed by atoms with van der Waals surface area (Å²) in [5.74, 6) is 0.818. The largest absolute Gasteiger partial charge is 0.493 e. The van der Waals surface area contributed by atoms with Crippen LogP contribution < -0.4 is 9.47 Å². The molecule has 6 rings (SSSR count). The van der Waals surface area contributed by atoms with Crippen LogP contribution in [0.5, 0.6) is 11.5 Å². The molecule has 1 aromatic carbocycles. The van der Waals surface area contributed by atoms with Crippen molar-refractivity contribution in [3.05, 3.63) is 35.4 Å². The van der Waals surface area contributed by atoms with Crippen molar-refractivity contribution in [3.8, 4) is 11.5 Å². The second-order valence-corrected chi connectivity index (χ2v) is 11.5. The van der Waals surface area contributed by atoms with Gasteiger partial charge < -0.3 is 23.8 Å². The Morgan fingerprint density at radius 2 is 1.97 bits per heavy atom. The Kier molecular flexibility index (Phi) is 4.38. The van der Waals surface area contributed by atoms with Crippen LogP contribution in [-0.2, 0) is 31.0 Å². The van der Waals surface area contributed by atoms with Gasteiger partial charge in [0, 0.05) is 23.9 Å². The number of methoxy groups -OCH3 is 1. The van der Waals surface area contributed by atoms with Crippen molar-refractivity contribution in [2.75, 3.05) is 20.7 Å². The molecule has 0 amide bonds. The van der Waals surface area contributed by atoms with Gasteiger partial charge in [0.05, 0.1) is 17.9 Å². The Morgan fingerprint density at radius 1 is 1.18 bits per heavy atom. The molecule has 2 bridgehead atoms. The van der Waals surface area contributed by atoms with E-state index in [-0.39, 0.29) is 17.5 Å². The van der Waals surface area contributed by atoms with Crippen molar-refractivity contribution >= 4 is 11.9 Å². The molecule has 3 heterocycles. The SMILES string of the molecule is COc1ccc2c3c1O[C@@H]1C[C@H](OC(=O)[C@@]45CC[C@@](C)(C(=O)O4)C5(C)C)C=C[C@]31CCN(C)C2. The van der Waals surface area contributed by atoms with Crippen LogP contribution in [0.15, 0.2) is 24.3 Å². The van der Waals surface area contributed by atoms with E-state index in [0.717, 1.165) is 31.0 Å². The lowest BCUT2D eigenvalue weighted by atomic mass is 9.66. The number of ether oxygens (including phenoxy) is 4. The van der Waals surface area contributed by atoms with Crippen LogP contribution in [0.2, 0.25) is 0 Å². The van der Waals surface area contributed by atoms with Crippen LogP contribution in [0.1, 0.15) is 57.6 Å². The lowest BCUT2D eigenvalue weighted by Crippen LogP contribution is -2.51. The molecule has 1 spiro atoms. The lowest BCUT2D eigenvalue weighted by Gasteiger charge is -2.39. The van der Waals surface area contributed by atoms with Crippen LogP contribution in [0.4, 0.5) is 0 Å². The molecule has 5 atom stereocenters. The van der Waals surface area contributed by atoms with Crippen LogP contribution in [0, 0.1) is 10.8 Å². The smallest absolute Gasteiger partial charge is 0.351 e. The normalized spacial score (nSPS) is 39.0. The molecule has 0 aromatic heterocycles. The Balaban J connectivity index is 1.31. The third-order valence-electron chi connectivity index (χ3n) is 9.80.